The third-order valence-electron chi connectivity index (χ3n) is 8.13. The number of ether oxygens (including phenoxy) is 1. The molecule has 1 aliphatic heterocycles. The number of sulfonamides is 1. The van der Waals surface area contributed by atoms with E-state index in [2.05, 4.69) is 0 Å². The minimum Gasteiger partial charge on any atom is -0.394 e. The molecule has 8 nitrogen and oxygen atoms in total. The summed E-state index contributed by atoms with van der Waals surface area (Å²) < 4.78 is 50.2. The smallest absolute Gasteiger partial charge is 0.252 e. The van der Waals surface area contributed by atoms with Gasteiger partial charge in [0, 0.05) is 16.5 Å². The van der Waals surface area contributed by atoms with Gasteiger partial charge in [0.05, 0.1) is 42.3 Å². The monoisotopic (exact) mass is 664 g/mol. The molecule has 1 heterocycles. The van der Waals surface area contributed by atoms with Crippen molar-refractivity contribution < 1.29 is 32.6 Å². The summed E-state index contributed by atoms with van der Waals surface area (Å²) in [5.41, 5.74) is 1.25. The van der Waals surface area contributed by atoms with Gasteiger partial charge in [-0.1, -0.05) is 66.5 Å². The first kappa shape index (κ1) is 32.7. The fourth-order valence-electron chi connectivity index (χ4n) is 5.73. The number of carbonyl (C=O) groups excluding carboxylic acids is 1. The van der Waals surface area contributed by atoms with Crippen molar-refractivity contribution in [3.8, 4) is 0 Å². The van der Waals surface area contributed by atoms with Gasteiger partial charge in [-0.25, -0.2) is 12.8 Å². The van der Waals surface area contributed by atoms with Gasteiger partial charge in [0.2, 0.25) is 10.0 Å². The highest BCUT2D eigenvalue weighted by Gasteiger charge is 2.49. The van der Waals surface area contributed by atoms with E-state index in [0.29, 0.717) is 40.4 Å². The van der Waals surface area contributed by atoms with E-state index in [1.54, 1.807) is 53.4 Å². The molecule has 1 amide bonds. The molecule has 5 atom stereocenters. The van der Waals surface area contributed by atoms with Crippen LogP contribution in [0.25, 0.3) is 0 Å². The molecule has 1 aliphatic carbocycles. The van der Waals surface area contributed by atoms with Crippen LogP contribution in [-0.2, 0) is 19.6 Å². The standard InChI is InChI=1S/C32H35Cl2FN2O6S/c1-2-24(18-36(44(41,42)26-14-15-26)28-9-4-3-8-27(28)35)37-30(20-10-12-22(33)13-11-20)31(21-6-5-7-23(34)16-21)43-29(32(37)40)17-25(39)19-38/h3-13,16,24-26,29-31,38-39H,2,14-15,17-19H2,1H3/t24?,25?,29-,30+,31+/m0/s1. The van der Waals surface area contributed by atoms with E-state index in [0.717, 1.165) is 4.31 Å². The maximum atomic E-state index is 15.2. The van der Waals surface area contributed by atoms with Crippen LogP contribution in [0.3, 0.4) is 0 Å². The summed E-state index contributed by atoms with van der Waals surface area (Å²) >= 11 is 12.6. The van der Waals surface area contributed by atoms with Gasteiger partial charge >= 0.3 is 0 Å². The van der Waals surface area contributed by atoms with Crippen LogP contribution in [0.5, 0.6) is 0 Å². The van der Waals surface area contributed by atoms with Gasteiger partial charge in [-0.2, -0.15) is 0 Å². The van der Waals surface area contributed by atoms with Crippen molar-refractivity contribution in [1.82, 2.24) is 4.90 Å². The number of rotatable bonds is 12. The number of aliphatic hydroxyl groups excluding tert-OH is 2. The molecule has 2 fully saturated rings. The normalized spacial score (nSPS) is 22.1. The Labute approximate surface area is 267 Å². The first-order valence-corrected chi connectivity index (χ1v) is 16.8. The molecule has 2 N–H and O–H groups in total. The largest absolute Gasteiger partial charge is 0.394 e. The zero-order chi connectivity index (χ0) is 31.6. The molecule has 236 valence electrons. The zero-order valence-corrected chi connectivity index (χ0v) is 26.4. The number of hydrogen-bond donors (Lipinski definition) is 2. The average molecular weight is 666 g/mol. The molecule has 1 saturated carbocycles. The topological polar surface area (TPSA) is 107 Å². The Morgan fingerprint density at radius 2 is 1.73 bits per heavy atom. The number of halogens is 3. The third kappa shape index (κ3) is 6.90. The molecule has 2 aliphatic rings. The predicted molar refractivity (Wildman–Crippen MR) is 168 cm³/mol. The van der Waals surface area contributed by atoms with Crippen molar-refractivity contribution in [2.75, 3.05) is 17.5 Å². The molecule has 5 rings (SSSR count). The average Bonchev–Trinajstić information content (AvgIpc) is 3.86. The van der Waals surface area contributed by atoms with Gasteiger partial charge in [0.1, 0.15) is 18.0 Å². The molecule has 44 heavy (non-hydrogen) atoms. The molecule has 2 unspecified atom stereocenters. The van der Waals surface area contributed by atoms with E-state index in [4.69, 9.17) is 27.9 Å². The van der Waals surface area contributed by atoms with E-state index in [9.17, 15) is 23.4 Å². The van der Waals surface area contributed by atoms with E-state index in [1.807, 2.05) is 13.0 Å². The molecule has 0 aromatic heterocycles. The van der Waals surface area contributed by atoms with E-state index < -0.39 is 64.0 Å². The second kappa shape index (κ2) is 13.7. The molecular formula is C32H35Cl2FN2O6S. The summed E-state index contributed by atoms with van der Waals surface area (Å²) in [6, 6.07) is 18.2. The van der Waals surface area contributed by atoms with Crippen LogP contribution in [0.1, 0.15) is 55.9 Å². The van der Waals surface area contributed by atoms with Crippen LogP contribution < -0.4 is 4.31 Å². The molecule has 1 saturated heterocycles. The van der Waals surface area contributed by atoms with Gasteiger partial charge in [-0.05, 0) is 66.8 Å². The molecule has 3 aromatic carbocycles. The number of amides is 1. The lowest BCUT2D eigenvalue weighted by Crippen LogP contribution is -2.58. The Kier molecular flexibility index (Phi) is 10.2. The predicted octanol–water partition coefficient (Wildman–Crippen LogP) is 5.66. The number of morpholine rings is 1. The lowest BCUT2D eigenvalue weighted by molar-refractivity contribution is -0.183. The fraction of sp³-hybridized carbons (Fsp3) is 0.406. The van der Waals surface area contributed by atoms with Crippen LogP contribution in [-0.4, -0.2) is 66.1 Å². The second-order valence-corrected chi connectivity index (χ2v) is 14.2. The van der Waals surface area contributed by atoms with Gasteiger partial charge in [-0.15, -0.1) is 0 Å². The summed E-state index contributed by atoms with van der Waals surface area (Å²) in [5.74, 6) is -1.17. The van der Waals surface area contributed by atoms with E-state index in [1.165, 1.54) is 18.2 Å². The first-order valence-electron chi connectivity index (χ1n) is 14.6. The number of carbonyl (C=O) groups is 1. The molecule has 0 radical (unpaired) electrons. The molecule has 0 bridgehead atoms. The number of hydrogen-bond acceptors (Lipinski definition) is 6. The highest BCUT2D eigenvalue weighted by atomic mass is 35.5. The van der Waals surface area contributed by atoms with Gasteiger partial charge in [0.15, 0.2) is 0 Å². The Balaban J connectivity index is 1.65. The highest BCUT2D eigenvalue weighted by Crippen LogP contribution is 2.45. The summed E-state index contributed by atoms with van der Waals surface area (Å²) in [6.45, 7) is 1.05. The third-order valence-corrected chi connectivity index (χ3v) is 10.9. The molecule has 3 aromatic rings. The maximum absolute atomic E-state index is 15.2. The van der Waals surface area contributed by atoms with Crippen molar-refractivity contribution in [2.24, 2.45) is 0 Å². The summed E-state index contributed by atoms with van der Waals surface area (Å²) in [5, 5.41) is 20.3. The van der Waals surface area contributed by atoms with Crippen molar-refractivity contribution in [3.05, 3.63) is 99.8 Å². The van der Waals surface area contributed by atoms with Crippen molar-refractivity contribution in [1.29, 1.82) is 0 Å². The van der Waals surface area contributed by atoms with Crippen molar-refractivity contribution in [3.63, 3.8) is 0 Å². The number of nitrogens with zero attached hydrogens (tertiary/aromatic N) is 2. The Hall–Kier alpha value is -2.73. The van der Waals surface area contributed by atoms with Gasteiger partial charge in [-0.3, -0.25) is 9.10 Å². The fourth-order valence-corrected chi connectivity index (χ4v) is 7.95. The lowest BCUT2D eigenvalue weighted by atomic mass is 9.89. The van der Waals surface area contributed by atoms with E-state index in [-0.39, 0.29) is 18.7 Å². The quantitative estimate of drug-likeness (QED) is 0.259. The van der Waals surface area contributed by atoms with Crippen LogP contribution in [0.15, 0.2) is 72.8 Å². The van der Waals surface area contributed by atoms with Crippen molar-refractivity contribution in [2.45, 2.75) is 68.3 Å². The molecule has 12 heteroatoms. The summed E-state index contributed by atoms with van der Waals surface area (Å²) in [4.78, 5) is 16.0. The Morgan fingerprint density at radius 1 is 1.02 bits per heavy atom. The number of benzene rings is 3. The van der Waals surface area contributed by atoms with Crippen LogP contribution >= 0.6 is 23.2 Å². The molecular weight excluding hydrogens is 630 g/mol. The van der Waals surface area contributed by atoms with Gasteiger partial charge < -0.3 is 19.8 Å². The summed E-state index contributed by atoms with van der Waals surface area (Å²) in [6.07, 6.45) is -2.11. The summed E-state index contributed by atoms with van der Waals surface area (Å²) in [7, 11) is -3.94. The van der Waals surface area contributed by atoms with Crippen molar-refractivity contribution >= 4 is 44.8 Å². The maximum Gasteiger partial charge on any atom is 0.252 e. The van der Waals surface area contributed by atoms with Gasteiger partial charge in [0.25, 0.3) is 5.91 Å². The Bertz CT molecular complexity index is 1570. The number of para-hydroxylation sites is 1. The number of anilines is 1. The van der Waals surface area contributed by atoms with E-state index >= 15 is 4.39 Å². The number of aliphatic hydroxyl groups is 2. The minimum atomic E-state index is -3.94. The second-order valence-electron chi connectivity index (χ2n) is 11.2. The highest BCUT2D eigenvalue weighted by molar-refractivity contribution is 7.93. The van der Waals surface area contributed by atoms with Crippen LogP contribution in [0, 0.1) is 5.82 Å². The minimum absolute atomic E-state index is 0.0831. The van der Waals surface area contributed by atoms with Crippen LogP contribution in [0.2, 0.25) is 10.0 Å². The SMILES string of the molecule is CCC(CN(c1ccccc1F)S(=O)(=O)C1CC1)N1C(=O)[C@H](CC(O)CO)O[C@H](c2cccc(Cl)c2)[C@H]1c1ccc(Cl)cc1. The molecule has 0 spiro atoms. The Morgan fingerprint density at radius 3 is 2.34 bits per heavy atom. The first-order chi connectivity index (χ1) is 21.0. The lowest BCUT2D eigenvalue weighted by Gasteiger charge is -2.49. The van der Waals surface area contributed by atoms with Crippen LogP contribution in [0.4, 0.5) is 10.1 Å². The zero-order valence-electron chi connectivity index (χ0n) is 24.1.